The van der Waals surface area contributed by atoms with Gasteiger partial charge in [0.05, 0.1) is 17.1 Å². The van der Waals surface area contributed by atoms with Crippen molar-refractivity contribution in [3.8, 4) is 0 Å². The molecule has 0 radical (unpaired) electrons. The molecule has 0 fully saturated rings. The summed E-state index contributed by atoms with van der Waals surface area (Å²) in [5.74, 6) is -0.167. The molecule has 0 amide bonds. The largest absolute Gasteiger partial charge is 0.292 e. The molecule has 6 heteroatoms. The molecule has 21 heavy (non-hydrogen) atoms. The number of hydrogen-bond donors (Lipinski definition) is 0. The van der Waals surface area contributed by atoms with Gasteiger partial charge in [0.2, 0.25) is 0 Å². The first kappa shape index (κ1) is 14.5. The minimum atomic E-state index is -3.70. The molecule has 3 rings (SSSR count). The highest BCUT2D eigenvalue weighted by molar-refractivity contribution is 14.1. The Hall–Kier alpha value is -1.41. The minimum Gasteiger partial charge on any atom is -0.292 e. The lowest BCUT2D eigenvalue weighted by molar-refractivity contribution is 0.101. The highest BCUT2D eigenvalue weighted by Gasteiger charge is 2.35. The number of ketones is 1. The maximum Gasteiger partial charge on any atom is 0.264 e. The van der Waals surface area contributed by atoms with Gasteiger partial charge in [-0.3, -0.25) is 9.10 Å². The molecule has 0 aliphatic carbocycles. The van der Waals surface area contributed by atoms with Gasteiger partial charge < -0.3 is 0 Å². The maximum absolute atomic E-state index is 12.7. The smallest absolute Gasteiger partial charge is 0.264 e. The first-order chi connectivity index (χ1) is 9.89. The van der Waals surface area contributed by atoms with Gasteiger partial charge in [-0.25, -0.2) is 8.42 Å². The monoisotopic (exact) mass is 413 g/mol. The molecular formula is C15H12INO3S. The Morgan fingerprint density at radius 2 is 1.76 bits per heavy atom. The van der Waals surface area contributed by atoms with E-state index in [4.69, 9.17) is 0 Å². The van der Waals surface area contributed by atoms with Crippen molar-refractivity contribution >= 4 is 44.1 Å². The highest BCUT2D eigenvalue weighted by atomic mass is 127. The third-order valence-electron chi connectivity index (χ3n) is 3.42. The molecule has 4 nitrogen and oxygen atoms in total. The van der Waals surface area contributed by atoms with E-state index in [1.54, 1.807) is 42.5 Å². The van der Waals surface area contributed by atoms with Crippen molar-refractivity contribution in [2.24, 2.45) is 0 Å². The van der Waals surface area contributed by atoms with E-state index in [1.165, 1.54) is 4.31 Å². The van der Waals surface area contributed by atoms with E-state index in [0.29, 0.717) is 11.3 Å². The molecule has 0 aromatic heterocycles. The predicted molar refractivity (Wildman–Crippen MR) is 89.2 cm³/mol. The van der Waals surface area contributed by atoms with Gasteiger partial charge >= 0.3 is 0 Å². The lowest BCUT2D eigenvalue weighted by atomic mass is 10.1. The van der Waals surface area contributed by atoms with Gasteiger partial charge in [0, 0.05) is 9.13 Å². The lowest BCUT2D eigenvalue weighted by Gasteiger charge is -2.18. The third-order valence-corrected chi connectivity index (χ3v) is 5.87. The van der Waals surface area contributed by atoms with Crippen LogP contribution in [0.3, 0.4) is 0 Å². The Balaban J connectivity index is 2.10. The van der Waals surface area contributed by atoms with Crippen LogP contribution in [0.5, 0.6) is 0 Å². The second-order valence-electron chi connectivity index (χ2n) is 4.91. The SMILES string of the molecule is Cc1ccc(S(=O)(=O)N2CC(=O)c3cc(I)ccc32)cc1. The molecule has 0 saturated carbocycles. The molecule has 2 aromatic rings. The normalized spacial score (nSPS) is 14.4. The number of sulfonamides is 1. The zero-order chi connectivity index (χ0) is 15.2. The van der Waals surface area contributed by atoms with Crippen molar-refractivity contribution in [3.63, 3.8) is 0 Å². The average molecular weight is 413 g/mol. The van der Waals surface area contributed by atoms with Crippen LogP contribution in [0.15, 0.2) is 47.4 Å². The number of Topliss-reactive ketones (excluding diaryl/α,β-unsaturated/α-hetero) is 1. The predicted octanol–water partition coefficient (Wildman–Crippen LogP) is 2.99. The van der Waals surface area contributed by atoms with Crippen molar-refractivity contribution in [1.29, 1.82) is 0 Å². The number of fused-ring (bicyclic) bond motifs is 1. The van der Waals surface area contributed by atoms with Crippen LogP contribution < -0.4 is 4.31 Å². The Bertz CT molecular complexity index is 828. The van der Waals surface area contributed by atoms with Gasteiger partial charge in [0.25, 0.3) is 10.0 Å². The molecule has 0 atom stereocenters. The molecule has 0 N–H and O–H groups in total. The van der Waals surface area contributed by atoms with Crippen molar-refractivity contribution < 1.29 is 13.2 Å². The molecule has 2 aromatic carbocycles. The Morgan fingerprint density at radius 3 is 2.43 bits per heavy atom. The van der Waals surface area contributed by atoms with Crippen LogP contribution in [-0.4, -0.2) is 20.7 Å². The van der Waals surface area contributed by atoms with Gasteiger partial charge in [-0.1, -0.05) is 17.7 Å². The number of halogens is 1. The average Bonchev–Trinajstić information content (AvgIpc) is 2.77. The summed E-state index contributed by atoms with van der Waals surface area (Å²) in [5, 5.41) is 0. The number of nitrogens with zero attached hydrogens (tertiary/aromatic N) is 1. The number of hydrogen-bond acceptors (Lipinski definition) is 3. The van der Waals surface area contributed by atoms with Gasteiger partial charge in [0.15, 0.2) is 5.78 Å². The van der Waals surface area contributed by atoms with Crippen molar-refractivity contribution in [2.75, 3.05) is 10.8 Å². The molecule has 108 valence electrons. The fraction of sp³-hybridized carbons (Fsp3) is 0.133. The van der Waals surface area contributed by atoms with Crippen molar-refractivity contribution in [1.82, 2.24) is 0 Å². The van der Waals surface area contributed by atoms with Crippen LogP contribution in [0.4, 0.5) is 5.69 Å². The van der Waals surface area contributed by atoms with E-state index in [1.807, 2.05) is 6.92 Å². The van der Waals surface area contributed by atoms with E-state index >= 15 is 0 Å². The summed E-state index contributed by atoms with van der Waals surface area (Å²) in [6.45, 7) is 1.76. The first-order valence-electron chi connectivity index (χ1n) is 6.32. The number of carbonyl (C=O) groups is 1. The summed E-state index contributed by atoms with van der Waals surface area (Å²) in [7, 11) is -3.70. The van der Waals surface area contributed by atoms with Gasteiger partial charge in [-0.15, -0.1) is 0 Å². The van der Waals surface area contributed by atoms with E-state index in [9.17, 15) is 13.2 Å². The second kappa shape index (κ2) is 5.10. The molecule has 0 unspecified atom stereocenters. The maximum atomic E-state index is 12.7. The number of benzene rings is 2. The Kier molecular flexibility index (Phi) is 3.53. The standard InChI is InChI=1S/C15H12INO3S/c1-10-2-5-12(6-3-10)21(19,20)17-9-15(18)13-8-11(16)4-7-14(13)17/h2-8H,9H2,1H3. The molecule has 1 aliphatic heterocycles. The van der Waals surface area contributed by atoms with Gasteiger partial charge in [0.1, 0.15) is 0 Å². The molecule has 0 bridgehead atoms. The molecule has 1 aliphatic rings. The van der Waals surface area contributed by atoms with Crippen molar-refractivity contribution in [2.45, 2.75) is 11.8 Å². The zero-order valence-corrected chi connectivity index (χ0v) is 14.2. The minimum absolute atomic E-state index is 0.133. The fourth-order valence-corrected chi connectivity index (χ4v) is 4.23. The Morgan fingerprint density at radius 1 is 1.10 bits per heavy atom. The molecule has 0 spiro atoms. The van der Waals surface area contributed by atoms with Crippen LogP contribution >= 0.6 is 22.6 Å². The summed E-state index contributed by atoms with van der Waals surface area (Å²) < 4.78 is 27.5. The molecule has 1 heterocycles. The number of rotatable bonds is 2. The summed E-state index contributed by atoms with van der Waals surface area (Å²) >= 11 is 2.11. The second-order valence-corrected chi connectivity index (χ2v) is 8.02. The summed E-state index contributed by atoms with van der Waals surface area (Å²) in [6, 6.07) is 11.9. The van der Waals surface area contributed by atoms with E-state index in [2.05, 4.69) is 22.6 Å². The summed E-state index contributed by atoms with van der Waals surface area (Å²) in [4.78, 5) is 12.3. The fourth-order valence-electron chi connectivity index (χ4n) is 2.30. The van der Waals surface area contributed by atoms with Crippen LogP contribution in [0.2, 0.25) is 0 Å². The first-order valence-corrected chi connectivity index (χ1v) is 8.83. The third kappa shape index (κ3) is 2.46. The molecular weight excluding hydrogens is 401 g/mol. The van der Waals surface area contributed by atoms with Gasteiger partial charge in [-0.2, -0.15) is 0 Å². The van der Waals surface area contributed by atoms with Crippen molar-refractivity contribution in [3.05, 3.63) is 57.2 Å². The van der Waals surface area contributed by atoms with Crippen LogP contribution in [0.25, 0.3) is 0 Å². The van der Waals surface area contributed by atoms with E-state index < -0.39 is 10.0 Å². The Labute approximate surface area is 137 Å². The summed E-state index contributed by atoms with van der Waals surface area (Å²) in [6.07, 6.45) is 0. The number of aryl methyl sites for hydroxylation is 1. The highest BCUT2D eigenvalue weighted by Crippen LogP contribution is 2.33. The van der Waals surface area contributed by atoms with Crippen LogP contribution in [0, 0.1) is 10.5 Å². The topological polar surface area (TPSA) is 54.5 Å². The number of carbonyl (C=O) groups excluding carboxylic acids is 1. The zero-order valence-electron chi connectivity index (χ0n) is 11.2. The number of anilines is 1. The summed E-state index contributed by atoms with van der Waals surface area (Å²) in [5.41, 5.74) is 1.92. The van der Waals surface area contributed by atoms with Crippen LogP contribution in [-0.2, 0) is 10.0 Å². The lowest BCUT2D eigenvalue weighted by Crippen LogP contribution is -2.30. The quantitative estimate of drug-likeness (QED) is 0.712. The van der Waals surface area contributed by atoms with E-state index in [0.717, 1.165) is 9.13 Å². The van der Waals surface area contributed by atoms with Crippen LogP contribution in [0.1, 0.15) is 15.9 Å². The van der Waals surface area contributed by atoms with E-state index in [-0.39, 0.29) is 17.2 Å². The van der Waals surface area contributed by atoms with Gasteiger partial charge in [-0.05, 0) is 59.8 Å². The molecule has 0 saturated heterocycles.